The van der Waals surface area contributed by atoms with Gasteiger partial charge in [-0.15, -0.1) is 0 Å². The summed E-state index contributed by atoms with van der Waals surface area (Å²) in [6, 6.07) is 0.551. The molecule has 0 N–H and O–H groups in total. The van der Waals surface area contributed by atoms with Crippen molar-refractivity contribution in [1.29, 1.82) is 0 Å². The first-order valence-corrected chi connectivity index (χ1v) is 7.79. The zero-order chi connectivity index (χ0) is 9.78. The zero-order valence-corrected chi connectivity index (χ0v) is 9.71. The van der Waals surface area contributed by atoms with E-state index >= 15 is 0 Å². The van der Waals surface area contributed by atoms with Crippen LogP contribution in [0.3, 0.4) is 0 Å². The van der Waals surface area contributed by atoms with Gasteiger partial charge in [0.1, 0.15) is 0 Å². The average Bonchev–Trinajstić information content (AvgIpc) is 1.85. The summed E-state index contributed by atoms with van der Waals surface area (Å²) in [5.41, 5.74) is 0.323. The molecule has 70 valence electrons. The summed E-state index contributed by atoms with van der Waals surface area (Å²) in [4.78, 5) is 11.0. The highest BCUT2D eigenvalue weighted by atomic mass is 35.7. The van der Waals surface area contributed by atoms with Crippen molar-refractivity contribution in [1.82, 2.24) is 0 Å². The lowest BCUT2D eigenvalue weighted by molar-refractivity contribution is -0.130. The van der Waals surface area contributed by atoms with Crippen LogP contribution >= 0.6 is 22.2 Å². The molecule has 12 heavy (non-hydrogen) atoms. The van der Waals surface area contributed by atoms with Crippen molar-refractivity contribution in [2.45, 2.75) is 26.3 Å². The fourth-order valence-electron chi connectivity index (χ4n) is 0.565. The van der Waals surface area contributed by atoms with Crippen LogP contribution in [0, 0.1) is 0 Å². The Kier molecular flexibility index (Phi) is 4.90. The summed E-state index contributed by atoms with van der Waals surface area (Å²) >= 11 is 11.6. The van der Waals surface area contributed by atoms with Crippen molar-refractivity contribution in [2.24, 2.45) is 0 Å². The Balaban J connectivity index is 4.05. The van der Waals surface area contributed by atoms with Crippen molar-refractivity contribution in [3.63, 3.8) is 0 Å². The van der Waals surface area contributed by atoms with E-state index in [-0.39, 0.29) is 0 Å². The lowest BCUT2D eigenvalue weighted by Gasteiger charge is -2.15. The number of rotatable bonds is 4. The predicted octanol–water partition coefficient (Wildman–Crippen LogP) is 2.93. The smallest absolute Gasteiger partial charge is 0.451 e. The molecule has 0 rings (SSSR count). The van der Waals surface area contributed by atoms with Crippen LogP contribution < -0.4 is 0 Å². The molecule has 0 radical (unpaired) electrons. The maximum Gasteiger partial charge on any atom is 0.451 e. The van der Waals surface area contributed by atoms with Gasteiger partial charge in [-0.3, -0.25) is 0 Å². The summed E-state index contributed by atoms with van der Waals surface area (Å²) in [6.07, 6.45) is 0.808. The van der Waals surface area contributed by atoms with E-state index in [9.17, 15) is 4.79 Å². The molecule has 0 saturated carbocycles. The number of carbonyl (C=O) groups excluding carboxylic acids is 1. The second-order valence-electron chi connectivity index (χ2n) is 2.56. The fraction of sp³-hybridized carbons (Fsp3) is 0.571. The molecule has 0 aromatic carbocycles. The molecule has 0 spiro atoms. The Morgan fingerprint density at radius 2 is 2.08 bits per heavy atom. The van der Waals surface area contributed by atoms with Crippen molar-refractivity contribution < 1.29 is 9.22 Å². The second kappa shape index (κ2) is 4.89. The lowest BCUT2D eigenvalue weighted by Crippen LogP contribution is -2.28. The van der Waals surface area contributed by atoms with Gasteiger partial charge in [-0.25, -0.2) is 4.79 Å². The van der Waals surface area contributed by atoms with Gasteiger partial charge < -0.3 is 4.43 Å². The van der Waals surface area contributed by atoms with Crippen LogP contribution in [0.2, 0.25) is 6.04 Å². The van der Waals surface area contributed by atoms with Crippen LogP contribution in [0.5, 0.6) is 0 Å². The molecule has 0 aliphatic heterocycles. The molecule has 0 amide bonds. The van der Waals surface area contributed by atoms with Gasteiger partial charge in [-0.2, -0.15) is 0 Å². The molecule has 0 fully saturated rings. The van der Waals surface area contributed by atoms with Crippen LogP contribution in [0.4, 0.5) is 0 Å². The van der Waals surface area contributed by atoms with E-state index in [4.69, 9.17) is 26.6 Å². The van der Waals surface area contributed by atoms with Crippen LogP contribution in [0.15, 0.2) is 12.2 Å². The molecule has 0 aromatic heterocycles. The highest BCUT2D eigenvalue weighted by molar-refractivity contribution is 7.42. The van der Waals surface area contributed by atoms with E-state index in [1.807, 2.05) is 6.92 Å². The second-order valence-corrected chi connectivity index (χ2v) is 8.78. The van der Waals surface area contributed by atoms with Crippen LogP contribution in [-0.2, 0) is 9.22 Å². The number of carbonyl (C=O) groups is 1. The van der Waals surface area contributed by atoms with Crippen molar-refractivity contribution >= 4 is 35.1 Å². The SMILES string of the molecule is C=C(C)C(=O)O[Si](Cl)(Cl)CCC. The highest BCUT2D eigenvalue weighted by Crippen LogP contribution is 2.24. The van der Waals surface area contributed by atoms with Gasteiger partial charge >= 0.3 is 12.9 Å². The van der Waals surface area contributed by atoms with E-state index in [1.165, 1.54) is 0 Å². The van der Waals surface area contributed by atoms with Crippen LogP contribution in [-0.4, -0.2) is 12.9 Å². The summed E-state index contributed by atoms with van der Waals surface area (Å²) in [6.45, 7) is 4.13. The molecule has 0 bridgehead atoms. The Bertz CT molecular complexity index is 192. The van der Waals surface area contributed by atoms with Gasteiger partial charge in [0.25, 0.3) is 0 Å². The molecule has 0 heterocycles. The Hall–Kier alpha value is 0.00688. The minimum Gasteiger partial charge on any atom is -0.488 e. The lowest BCUT2D eigenvalue weighted by atomic mass is 10.4. The van der Waals surface area contributed by atoms with E-state index in [0.29, 0.717) is 11.6 Å². The van der Waals surface area contributed by atoms with E-state index in [2.05, 4.69) is 6.58 Å². The van der Waals surface area contributed by atoms with Crippen molar-refractivity contribution in [3.8, 4) is 0 Å². The largest absolute Gasteiger partial charge is 0.488 e. The Labute approximate surface area is 83.0 Å². The minimum absolute atomic E-state index is 0.323. The van der Waals surface area contributed by atoms with Gasteiger partial charge in [0.2, 0.25) is 0 Å². The number of hydrogen-bond donors (Lipinski definition) is 0. The first kappa shape index (κ1) is 12.0. The molecule has 2 nitrogen and oxygen atoms in total. The van der Waals surface area contributed by atoms with Gasteiger partial charge in [-0.1, -0.05) is 42.1 Å². The third-order valence-electron chi connectivity index (χ3n) is 1.13. The van der Waals surface area contributed by atoms with Crippen LogP contribution in [0.25, 0.3) is 0 Å². The monoisotopic (exact) mass is 226 g/mol. The van der Waals surface area contributed by atoms with E-state index in [0.717, 1.165) is 6.42 Å². The maximum atomic E-state index is 11.0. The molecule has 5 heteroatoms. The average molecular weight is 227 g/mol. The molecular formula is C7H12Cl2O2Si. The molecule has 0 unspecified atom stereocenters. The third kappa shape index (κ3) is 4.80. The van der Waals surface area contributed by atoms with Crippen LogP contribution in [0.1, 0.15) is 20.3 Å². The fourth-order valence-corrected chi connectivity index (χ4v) is 3.25. The van der Waals surface area contributed by atoms with E-state index in [1.54, 1.807) is 6.92 Å². The number of halogens is 2. The standard InChI is InChI=1S/C7H12Cl2O2Si/c1-4-5-12(8,9)11-7(10)6(2)3/h2,4-5H2,1,3H3. The molecule has 0 aromatic rings. The Morgan fingerprint density at radius 1 is 1.58 bits per heavy atom. The van der Waals surface area contributed by atoms with Gasteiger partial charge in [0.05, 0.1) is 0 Å². The minimum atomic E-state index is -2.80. The topological polar surface area (TPSA) is 26.3 Å². The van der Waals surface area contributed by atoms with E-state index < -0.39 is 12.9 Å². The van der Waals surface area contributed by atoms with Crippen molar-refractivity contribution in [2.75, 3.05) is 0 Å². The van der Waals surface area contributed by atoms with Gasteiger partial charge in [-0.05, 0) is 6.92 Å². The zero-order valence-electron chi connectivity index (χ0n) is 7.19. The molecule has 0 atom stereocenters. The predicted molar refractivity (Wildman–Crippen MR) is 53.5 cm³/mol. The summed E-state index contributed by atoms with van der Waals surface area (Å²) in [5.74, 6) is -0.500. The number of hydrogen-bond acceptors (Lipinski definition) is 2. The molecule has 0 saturated heterocycles. The normalized spacial score (nSPS) is 11.0. The molecule has 0 aliphatic rings. The Morgan fingerprint density at radius 3 is 2.42 bits per heavy atom. The highest BCUT2D eigenvalue weighted by Gasteiger charge is 2.33. The maximum absolute atomic E-state index is 11.0. The molecular weight excluding hydrogens is 215 g/mol. The summed E-state index contributed by atoms with van der Waals surface area (Å²) in [7, 11) is 0. The van der Waals surface area contributed by atoms with Crippen molar-refractivity contribution in [3.05, 3.63) is 12.2 Å². The first-order valence-electron chi connectivity index (χ1n) is 3.65. The third-order valence-corrected chi connectivity index (χ3v) is 4.29. The van der Waals surface area contributed by atoms with Gasteiger partial charge in [0.15, 0.2) is 0 Å². The molecule has 0 aliphatic carbocycles. The summed E-state index contributed by atoms with van der Waals surface area (Å²) < 4.78 is 4.87. The summed E-state index contributed by atoms with van der Waals surface area (Å²) in [5, 5.41) is 0. The quantitative estimate of drug-likeness (QED) is 0.419. The first-order chi connectivity index (χ1) is 5.39. The van der Waals surface area contributed by atoms with Gasteiger partial charge in [0, 0.05) is 11.6 Å².